The number of halogens is 1. The second kappa shape index (κ2) is 9.09. The highest BCUT2D eigenvalue weighted by Gasteiger charge is 2.18. The van der Waals surface area contributed by atoms with Gasteiger partial charge in [0, 0.05) is 11.3 Å². The minimum Gasteiger partial charge on any atom is -0.489 e. The van der Waals surface area contributed by atoms with Gasteiger partial charge in [-0.05, 0) is 55.1 Å². The molecule has 1 amide bonds. The lowest BCUT2D eigenvalue weighted by molar-refractivity contribution is 0.102. The monoisotopic (exact) mass is 430 g/mol. The quantitative estimate of drug-likeness (QED) is 0.591. The highest BCUT2D eigenvalue weighted by Crippen LogP contribution is 2.23. The Kier molecular flexibility index (Phi) is 6.53. The van der Waals surface area contributed by atoms with Gasteiger partial charge in [-0.3, -0.25) is 4.79 Å². The maximum absolute atomic E-state index is 12.5. The van der Waals surface area contributed by atoms with E-state index in [2.05, 4.69) is 10.0 Å². The molecule has 0 fully saturated rings. The van der Waals surface area contributed by atoms with E-state index in [1.807, 2.05) is 30.3 Å². The second-order valence-corrected chi connectivity index (χ2v) is 8.37. The molecule has 0 unspecified atom stereocenters. The zero-order valence-corrected chi connectivity index (χ0v) is 17.1. The van der Waals surface area contributed by atoms with Gasteiger partial charge in [-0.2, -0.15) is 0 Å². The third-order valence-electron chi connectivity index (χ3n) is 4.11. The fourth-order valence-electron chi connectivity index (χ4n) is 2.54. The number of amides is 1. The number of rotatable bonds is 7. The van der Waals surface area contributed by atoms with Crippen LogP contribution >= 0.6 is 11.6 Å². The van der Waals surface area contributed by atoms with Gasteiger partial charge in [0.2, 0.25) is 10.0 Å². The van der Waals surface area contributed by atoms with Crippen molar-refractivity contribution < 1.29 is 17.9 Å². The van der Waals surface area contributed by atoms with Crippen LogP contribution in [0.5, 0.6) is 5.75 Å². The molecule has 0 heterocycles. The molecule has 3 rings (SSSR count). The van der Waals surface area contributed by atoms with E-state index in [4.69, 9.17) is 16.3 Å². The van der Waals surface area contributed by atoms with E-state index in [9.17, 15) is 13.2 Å². The van der Waals surface area contributed by atoms with Crippen molar-refractivity contribution in [3.05, 3.63) is 88.9 Å². The molecule has 0 saturated heterocycles. The van der Waals surface area contributed by atoms with E-state index in [-0.39, 0.29) is 15.5 Å². The maximum Gasteiger partial charge on any atom is 0.255 e. The summed E-state index contributed by atoms with van der Waals surface area (Å²) >= 11 is 5.95. The summed E-state index contributed by atoms with van der Waals surface area (Å²) in [7, 11) is -2.49. The van der Waals surface area contributed by atoms with Crippen LogP contribution in [0.4, 0.5) is 5.69 Å². The highest BCUT2D eigenvalue weighted by atomic mass is 35.5. The van der Waals surface area contributed by atoms with Crippen molar-refractivity contribution in [3.63, 3.8) is 0 Å². The van der Waals surface area contributed by atoms with Crippen LogP contribution in [0.1, 0.15) is 15.9 Å². The van der Waals surface area contributed by atoms with Crippen LogP contribution in [-0.2, 0) is 16.6 Å². The summed E-state index contributed by atoms with van der Waals surface area (Å²) in [5, 5.41) is 2.76. The van der Waals surface area contributed by atoms with Gasteiger partial charge in [0.05, 0.1) is 5.02 Å². The number of hydrogen-bond acceptors (Lipinski definition) is 4. The molecule has 0 spiro atoms. The predicted molar refractivity (Wildman–Crippen MR) is 113 cm³/mol. The first kappa shape index (κ1) is 20.9. The molecular weight excluding hydrogens is 412 g/mol. The molecule has 8 heteroatoms. The van der Waals surface area contributed by atoms with E-state index in [0.29, 0.717) is 18.0 Å². The Balaban J connectivity index is 1.67. The van der Waals surface area contributed by atoms with E-state index >= 15 is 0 Å². The second-order valence-electron chi connectivity index (χ2n) is 6.11. The molecular formula is C21H19ClN2O4S. The summed E-state index contributed by atoms with van der Waals surface area (Å²) in [4.78, 5) is 12.3. The largest absolute Gasteiger partial charge is 0.489 e. The van der Waals surface area contributed by atoms with Crippen LogP contribution in [0.3, 0.4) is 0 Å². The van der Waals surface area contributed by atoms with Crippen LogP contribution in [0, 0.1) is 0 Å². The molecule has 150 valence electrons. The summed E-state index contributed by atoms with van der Waals surface area (Å²) in [6.45, 7) is 0.444. The van der Waals surface area contributed by atoms with E-state index in [1.165, 1.54) is 25.2 Å². The summed E-state index contributed by atoms with van der Waals surface area (Å²) in [6.07, 6.45) is 0. The van der Waals surface area contributed by atoms with Crippen LogP contribution in [0.25, 0.3) is 0 Å². The van der Waals surface area contributed by atoms with Crippen molar-refractivity contribution in [1.29, 1.82) is 0 Å². The van der Waals surface area contributed by atoms with Gasteiger partial charge in [0.15, 0.2) is 0 Å². The fourth-order valence-corrected chi connectivity index (χ4v) is 3.79. The third-order valence-corrected chi connectivity index (χ3v) is 6.01. The molecule has 0 aliphatic rings. The Morgan fingerprint density at radius 1 is 1.00 bits per heavy atom. The van der Waals surface area contributed by atoms with Gasteiger partial charge in [0.1, 0.15) is 17.3 Å². The van der Waals surface area contributed by atoms with Crippen LogP contribution in [-0.4, -0.2) is 21.4 Å². The zero-order chi connectivity index (χ0) is 20.9. The van der Waals surface area contributed by atoms with Crippen molar-refractivity contribution >= 4 is 33.2 Å². The van der Waals surface area contributed by atoms with Crippen molar-refractivity contribution in [3.8, 4) is 5.75 Å². The molecule has 0 saturated carbocycles. The van der Waals surface area contributed by atoms with Crippen LogP contribution < -0.4 is 14.8 Å². The lowest BCUT2D eigenvalue weighted by Gasteiger charge is -2.10. The Labute approximate surface area is 174 Å². The first-order valence-corrected chi connectivity index (χ1v) is 10.6. The molecule has 0 bridgehead atoms. The first-order chi connectivity index (χ1) is 13.9. The third kappa shape index (κ3) is 5.35. The molecule has 0 radical (unpaired) electrons. The summed E-state index contributed by atoms with van der Waals surface area (Å²) in [5.74, 6) is 0.216. The van der Waals surface area contributed by atoms with E-state index in [1.54, 1.807) is 24.3 Å². The minimum atomic E-state index is -3.77. The number of anilines is 1. The van der Waals surface area contributed by atoms with Crippen LogP contribution in [0.2, 0.25) is 5.02 Å². The van der Waals surface area contributed by atoms with Crippen LogP contribution in [0.15, 0.2) is 77.7 Å². The number of hydrogen-bond donors (Lipinski definition) is 2. The van der Waals surface area contributed by atoms with Crippen molar-refractivity contribution in [1.82, 2.24) is 4.72 Å². The fraction of sp³-hybridized carbons (Fsp3) is 0.0952. The van der Waals surface area contributed by atoms with Gasteiger partial charge in [-0.15, -0.1) is 0 Å². The maximum atomic E-state index is 12.5. The van der Waals surface area contributed by atoms with Gasteiger partial charge >= 0.3 is 0 Å². The summed E-state index contributed by atoms with van der Waals surface area (Å²) < 4.78 is 31.9. The van der Waals surface area contributed by atoms with Crippen molar-refractivity contribution in [2.75, 3.05) is 12.4 Å². The van der Waals surface area contributed by atoms with Crippen molar-refractivity contribution in [2.24, 2.45) is 0 Å². The molecule has 3 aromatic carbocycles. The van der Waals surface area contributed by atoms with Gasteiger partial charge in [-0.25, -0.2) is 13.1 Å². The number of benzene rings is 3. The molecule has 3 aromatic rings. The van der Waals surface area contributed by atoms with E-state index in [0.717, 1.165) is 5.56 Å². The molecule has 0 atom stereocenters. The lowest BCUT2D eigenvalue weighted by Crippen LogP contribution is -2.20. The van der Waals surface area contributed by atoms with Gasteiger partial charge < -0.3 is 10.1 Å². The van der Waals surface area contributed by atoms with Crippen molar-refractivity contribution in [2.45, 2.75) is 11.5 Å². The smallest absolute Gasteiger partial charge is 0.255 e. The normalized spacial score (nSPS) is 11.1. The van der Waals surface area contributed by atoms with Gasteiger partial charge in [0.25, 0.3) is 5.91 Å². The predicted octanol–water partition coefficient (Wildman–Crippen LogP) is 4.08. The summed E-state index contributed by atoms with van der Waals surface area (Å²) in [5.41, 5.74) is 1.78. The number of carbonyl (C=O) groups excluding carboxylic acids is 1. The topological polar surface area (TPSA) is 84.5 Å². The molecule has 0 aliphatic carbocycles. The molecule has 0 aromatic heterocycles. The average Bonchev–Trinajstić information content (AvgIpc) is 2.74. The number of ether oxygens (including phenoxy) is 1. The number of sulfonamides is 1. The number of nitrogens with one attached hydrogen (secondary N) is 2. The number of carbonyl (C=O) groups is 1. The Morgan fingerprint density at radius 2 is 1.69 bits per heavy atom. The Morgan fingerprint density at radius 3 is 2.34 bits per heavy atom. The lowest BCUT2D eigenvalue weighted by atomic mass is 10.2. The summed E-state index contributed by atoms with van der Waals surface area (Å²) in [6, 6.07) is 20.8. The zero-order valence-electron chi connectivity index (χ0n) is 15.6. The first-order valence-electron chi connectivity index (χ1n) is 8.70. The molecule has 29 heavy (non-hydrogen) atoms. The molecule has 0 aliphatic heterocycles. The minimum absolute atomic E-state index is 0.0378. The average molecular weight is 431 g/mol. The standard InChI is InChI=1S/C21H19ClN2O4S/c1-23-29(26,27)20-13-16(7-12-19(20)22)21(25)24-17-8-10-18(11-9-17)28-14-15-5-3-2-4-6-15/h2-13,23H,14H2,1H3,(H,24,25). The van der Waals surface area contributed by atoms with E-state index < -0.39 is 15.9 Å². The molecule has 2 N–H and O–H groups in total. The Hall–Kier alpha value is -2.87. The molecule has 6 nitrogen and oxygen atoms in total. The highest BCUT2D eigenvalue weighted by molar-refractivity contribution is 7.89. The Bertz CT molecular complexity index is 1100. The van der Waals surface area contributed by atoms with Gasteiger partial charge in [-0.1, -0.05) is 41.9 Å². The SMILES string of the molecule is CNS(=O)(=O)c1cc(C(=O)Nc2ccc(OCc3ccccc3)cc2)ccc1Cl.